The number of rotatable bonds is 11. The number of thiol groups is 1. The number of carbonyl (C=O) groups is 4. The SMILES string of the molecule is CCCCN(C(=O)C(CS)NC(=O)OC(C)(C)C)C(C(=O)NCC(=O)OC)c1cccc(O)c1. The van der Waals surface area contributed by atoms with E-state index < -0.39 is 48.1 Å². The van der Waals surface area contributed by atoms with E-state index in [9.17, 15) is 24.3 Å². The molecule has 0 aromatic heterocycles. The van der Waals surface area contributed by atoms with Crippen molar-refractivity contribution in [1.82, 2.24) is 15.5 Å². The van der Waals surface area contributed by atoms with Crippen LogP contribution in [0, 0.1) is 0 Å². The first kappa shape index (κ1) is 29.1. The van der Waals surface area contributed by atoms with Crippen LogP contribution >= 0.6 is 12.6 Å². The Morgan fingerprint density at radius 3 is 2.41 bits per heavy atom. The molecular formula is C23H35N3O7S. The van der Waals surface area contributed by atoms with Gasteiger partial charge in [-0.2, -0.15) is 12.6 Å². The number of amides is 3. The van der Waals surface area contributed by atoms with E-state index in [0.717, 1.165) is 6.42 Å². The third kappa shape index (κ3) is 9.50. The highest BCUT2D eigenvalue weighted by Gasteiger charge is 2.35. The Hall–Kier alpha value is -2.95. The Morgan fingerprint density at radius 1 is 1.21 bits per heavy atom. The number of phenols is 1. The predicted molar refractivity (Wildman–Crippen MR) is 130 cm³/mol. The molecule has 0 bridgehead atoms. The van der Waals surface area contributed by atoms with Crippen molar-refractivity contribution in [2.45, 2.75) is 58.2 Å². The third-order valence-corrected chi connectivity index (χ3v) is 4.95. The largest absolute Gasteiger partial charge is 0.508 e. The number of carbonyl (C=O) groups excluding carboxylic acids is 4. The second-order valence-corrected chi connectivity index (χ2v) is 8.92. The normalized spacial score (nSPS) is 12.8. The number of aromatic hydroxyl groups is 1. The maximum Gasteiger partial charge on any atom is 0.408 e. The van der Waals surface area contributed by atoms with Gasteiger partial charge in [0.1, 0.15) is 30.0 Å². The molecule has 2 atom stereocenters. The average molecular weight is 498 g/mol. The first-order valence-corrected chi connectivity index (χ1v) is 11.6. The van der Waals surface area contributed by atoms with E-state index in [-0.39, 0.29) is 18.0 Å². The van der Waals surface area contributed by atoms with Gasteiger partial charge in [0.15, 0.2) is 0 Å². The summed E-state index contributed by atoms with van der Waals surface area (Å²) in [5.41, 5.74) is -0.435. The van der Waals surface area contributed by atoms with Gasteiger partial charge < -0.3 is 30.1 Å². The smallest absolute Gasteiger partial charge is 0.408 e. The first-order valence-electron chi connectivity index (χ1n) is 11.0. The van der Waals surface area contributed by atoms with Crippen molar-refractivity contribution in [2.75, 3.05) is 26.0 Å². The topological polar surface area (TPSA) is 134 Å². The number of phenolic OH excluding ortho intramolecular Hbond substituents is 1. The molecule has 190 valence electrons. The number of benzene rings is 1. The molecule has 0 saturated carbocycles. The number of hydrogen-bond acceptors (Lipinski definition) is 8. The number of nitrogens with one attached hydrogen (secondary N) is 2. The van der Waals surface area contributed by atoms with E-state index in [1.54, 1.807) is 32.9 Å². The van der Waals surface area contributed by atoms with Crippen molar-refractivity contribution in [2.24, 2.45) is 0 Å². The average Bonchev–Trinajstić information content (AvgIpc) is 2.76. The lowest BCUT2D eigenvalue weighted by atomic mass is 10.0. The Labute approximate surface area is 205 Å². The maximum atomic E-state index is 13.6. The summed E-state index contributed by atoms with van der Waals surface area (Å²) in [4.78, 5) is 51.9. The van der Waals surface area contributed by atoms with Crippen LogP contribution in [0.25, 0.3) is 0 Å². The monoisotopic (exact) mass is 497 g/mol. The summed E-state index contributed by atoms with van der Waals surface area (Å²) in [6.45, 7) is 6.80. The van der Waals surface area contributed by atoms with Crippen LogP contribution in [-0.4, -0.2) is 71.5 Å². The molecule has 1 aromatic carbocycles. The van der Waals surface area contributed by atoms with E-state index in [4.69, 9.17) is 4.74 Å². The van der Waals surface area contributed by atoms with Gasteiger partial charge in [-0.3, -0.25) is 14.4 Å². The Kier molecular flexibility index (Phi) is 11.7. The minimum Gasteiger partial charge on any atom is -0.508 e. The molecule has 10 nitrogen and oxygen atoms in total. The molecule has 0 spiro atoms. The van der Waals surface area contributed by atoms with Crippen LogP contribution in [-0.2, 0) is 23.9 Å². The lowest BCUT2D eigenvalue weighted by Crippen LogP contribution is -2.54. The van der Waals surface area contributed by atoms with Crippen LogP contribution in [0.5, 0.6) is 5.75 Å². The Bertz CT molecular complexity index is 857. The van der Waals surface area contributed by atoms with Crippen LogP contribution in [0.1, 0.15) is 52.1 Å². The van der Waals surface area contributed by atoms with Crippen LogP contribution < -0.4 is 10.6 Å². The number of alkyl carbamates (subject to hydrolysis) is 1. The molecule has 1 rings (SSSR count). The molecule has 3 amide bonds. The highest BCUT2D eigenvalue weighted by molar-refractivity contribution is 7.80. The van der Waals surface area contributed by atoms with Crippen molar-refractivity contribution in [3.8, 4) is 5.75 Å². The zero-order valence-corrected chi connectivity index (χ0v) is 21.2. The molecule has 3 N–H and O–H groups in total. The third-order valence-electron chi connectivity index (χ3n) is 4.59. The molecule has 0 aliphatic heterocycles. The van der Waals surface area contributed by atoms with Gasteiger partial charge in [-0.05, 0) is 44.9 Å². The lowest BCUT2D eigenvalue weighted by Gasteiger charge is -2.34. The van der Waals surface area contributed by atoms with Gasteiger partial charge in [-0.1, -0.05) is 25.5 Å². The maximum absolute atomic E-state index is 13.6. The fraction of sp³-hybridized carbons (Fsp3) is 0.565. The van der Waals surface area contributed by atoms with Gasteiger partial charge in [0.05, 0.1) is 7.11 Å². The van der Waals surface area contributed by atoms with Gasteiger partial charge in [0.2, 0.25) is 11.8 Å². The molecule has 0 saturated heterocycles. The van der Waals surface area contributed by atoms with Crippen molar-refractivity contribution in [1.29, 1.82) is 0 Å². The summed E-state index contributed by atoms with van der Waals surface area (Å²) in [6, 6.07) is 3.67. The molecule has 0 radical (unpaired) electrons. The summed E-state index contributed by atoms with van der Waals surface area (Å²) in [5.74, 6) is -2.00. The van der Waals surface area contributed by atoms with E-state index in [0.29, 0.717) is 12.0 Å². The van der Waals surface area contributed by atoms with Crippen molar-refractivity contribution in [3.05, 3.63) is 29.8 Å². The van der Waals surface area contributed by atoms with Gasteiger partial charge in [0.25, 0.3) is 0 Å². The molecule has 0 fully saturated rings. The zero-order valence-electron chi connectivity index (χ0n) is 20.3. The standard InChI is InChI=1S/C23H35N3O7S/c1-6-7-11-26(21(30)17(14-34)25-22(31)33-23(2,3)4)19(15-9-8-10-16(27)12-15)20(29)24-13-18(28)32-5/h8-10,12,17,19,27,34H,6-7,11,13-14H2,1-5H3,(H,24,29)(H,25,31). The summed E-state index contributed by atoms with van der Waals surface area (Å²) in [7, 11) is 1.19. The van der Waals surface area contributed by atoms with Crippen molar-refractivity contribution in [3.63, 3.8) is 0 Å². The molecule has 0 aliphatic carbocycles. The summed E-state index contributed by atoms with van der Waals surface area (Å²) in [6.07, 6.45) is 0.502. The number of unbranched alkanes of at least 4 members (excludes halogenated alkanes) is 1. The van der Waals surface area contributed by atoms with Gasteiger partial charge in [-0.15, -0.1) is 0 Å². The predicted octanol–water partition coefficient (Wildman–Crippen LogP) is 2.17. The second kappa shape index (κ2) is 13.7. The fourth-order valence-corrected chi connectivity index (χ4v) is 3.27. The first-order chi connectivity index (χ1) is 15.9. The van der Waals surface area contributed by atoms with Crippen LogP contribution in [0.3, 0.4) is 0 Å². The van der Waals surface area contributed by atoms with Gasteiger partial charge in [0, 0.05) is 12.3 Å². The second-order valence-electron chi connectivity index (χ2n) is 8.56. The number of hydrogen-bond donors (Lipinski definition) is 4. The molecule has 0 aliphatic rings. The summed E-state index contributed by atoms with van der Waals surface area (Å²) >= 11 is 4.21. The molecule has 1 aromatic rings. The number of esters is 1. The number of nitrogens with zero attached hydrogens (tertiary/aromatic N) is 1. The minimum absolute atomic E-state index is 0.0444. The fourth-order valence-electron chi connectivity index (χ4n) is 3.03. The van der Waals surface area contributed by atoms with Crippen molar-refractivity contribution >= 4 is 36.5 Å². The van der Waals surface area contributed by atoms with Crippen LogP contribution in [0.4, 0.5) is 4.79 Å². The van der Waals surface area contributed by atoms with Crippen LogP contribution in [0.2, 0.25) is 0 Å². The molecule has 0 heterocycles. The van der Waals surface area contributed by atoms with Gasteiger partial charge in [-0.25, -0.2) is 4.79 Å². The highest BCUT2D eigenvalue weighted by Crippen LogP contribution is 2.26. The summed E-state index contributed by atoms with van der Waals surface area (Å²) in [5, 5.41) is 15.0. The molecule has 11 heteroatoms. The minimum atomic E-state index is -1.18. The number of methoxy groups -OCH3 is 1. The van der Waals surface area contributed by atoms with Gasteiger partial charge >= 0.3 is 12.1 Å². The van der Waals surface area contributed by atoms with E-state index >= 15 is 0 Å². The molecule has 2 unspecified atom stereocenters. The Morgan fingerprint density at radius 2 is 1.88 bits per heavy atom. The van der Waals surface area contributed by atoms with E-state index in [2.05, 4.69) is 28.0 Å². The molecular weight excluding hydrogens is 462 g/mol. The number of ether oxygens (including phenoxy) is 2. The lowest BCUT2D eigenvalue weighted by molar-refractivity contribution is -0.144. The summed E-state index contributed by atoms with van der Waals surface area (Å²) < 4.78 is 9.82. The quantitative estimate of drug-likeness (QED) is 0.272. The Balaban J connectivity index is 3.34. The van der Waals surface area contributed by atoms with Crippen LogP contribution in [0.15, 0.2) is 24.3 Å². The highest BCUT2D eigenvalue weighted by atomic mass is 32.1. The van der Waals surface area contributed by atoms with Crippen molar-refractivity contribution < 1.29 is 33.8 Å². The van der Waals surface area contributed by atoms with E-state index in [1.807, 2.05) is 6.92 Å². The zero-order chi connectivity index (χ0) is 25.9. The molecule has 34 heavy (non-hydrogen) atoms. The van der Waals surface area contributed by atoms with E-state index in [1.165, 1.54) is 24.1 Å².